The van der Waals surface area contributed by atoms with Gasteiger partial charge < -0.3 is 20.5 Å². The van der Waals surface area contributed by atoms with Crippen molar-refractivity contribution in [1.82, 2.24) is 10.3 Å². The molecule has 0 saturated heterocycles. The first-order valence-corrected chi connectivity index (χ1v) is 8.90. The molecule has 2 rings (SSSR count). The number of nitrogens with two attached hydrogens (primary N) is 1. The zero-order valence-electron chi connectivity index (χ0n) is 15.2. The molecule has 0 unspecified atom stereocenters. The first-order chi connectivity index (χ1) is 12.7. The van der Waals surface area contributed by atoms with Crippen LogP contribution < -0.4 is 15.8 Å². The number of anilines is 1. The number of hydrogen-bond acceptors (Lipinski definition) is 5. The SMILES string of the molecule is COCCCCCCOc1ccc(CNC(=O)c2cccnc2N)cc1. The van der Waals surface area contributed by atoms with Gasteiger partial charge in [-0.1, -0.05) is 18.6 Å². The van der Waals surface area contributed by atoms with Crippen molar-refractivity contribution in [3.8, 4) is 5.75 Å². The van der Waals surface area contributed by atoms with Crippen molar-refractivity contribution in [3.05, 3.63) is 53.7 Å². The zero-order chi connectivity index (χ0) is 18.6. The fourth-order valence-electron chi connectivity index (χ4n) is 2.48. The highest BCUT2D eigenvalue weighted by Crippen LogP contribution is 2.14. The number of aromatic nitrogens is 1. The van der Waals surface area contributed by atoms with Crippen molar-refractivity contribution in [2.75, 3.05) is 26.1 Å². The lowest BCUT2D eigenvalue weighted by molar-refractivity contribution is 0.0951. The minimum Gasteiger partial charge on any atom is -0.494 e. The van der Waals surface area contributed by atoms with Crippen molar-refractivity contribution in [2.24, 2.45) is 0 Å². The predicted octanol–water partition coefficient (Wildman–Crippen LogP) is 3.18. The number of rotatable bonds is 11. The van der Waals surface area contributed by atoms with Gasteiger partial charge in [0.1, 0.15) is 11.6 Å². The maximum absolute atomic E-state index is 12.1. The van der Waals surface area contributed by atoms with Crippen LogP contribution in [0, 0.1) is 0 Å². The molecule has 0 spiro atoms. The second kappa shape index (κ2) is 11.1. The van der Waals surface area contributed by atoms with Crippen LogP contribution in [0.25, 0.3) is 0 Å². The summed E-state index contributed by atoms with van der Waals surface area (Å²) in [7, 11) is 1.73. The fourth-order valence-corrected chi connectivity index (χ4v) is 2.48. The van der Waals surface area contributed by atoms with Crippen molar-refractivity contribution in [3.63, 3.8) is 0 Å². The van der Waals surface area contributed by atoms with Gasteiger partial charge in [0.15, 0.2) is 0 Å². The maximum Gasteiger partial charge on any atom is 0.255 e. The molecule has 0 aliphatic rings. The van der Waals surface area contributed by atoms with Gasteiger partial charge in [-0.25, -0.2) is 4.98 Å². The smallest absolute Gasteiger partial charge is 0.255 e. The van der Waals surface area contributed by atoms with Crippen LogP contribution in [-0.2, 0) is 11.3 Å². The van der Waals surface area contributed by atoms with E-state index in [2.05, 4.69) is 10.3 Å². The highest BCUT2D eigenvalue weighted by Gasteiger charge is 2.09. The molecular formula is C20H27N3O3. The van der Waals surface area contributed by atoms with E-state index in [1.54, 1.807) is 25.4 Å². The Morgan fingerprint density at radius 1 is 1.08 bits per heavy atom. The second-order valence-electron chi connectivity index (χ2n) is 6.02. The summed E-state index contributed by atoms with van der Waals surface area (Å²) in [6, 6.07) is 11.1. The number of methoxy groups -OCH3 is 1. The van der Waals surface area contributed by atoms with Gasteiger partial charge in [0.05, 0.1) is 12.2 Å². The molecule has 0 aliphatic carbocycles. The molecule has 3 N–H and O–H groups in total. The van der Waals surface area contributed by atoms with E-state index in [1.165, 1.54) is 0 Å². The number of pyridine rings is 1. The summed E-state index contributed by atoms with van der Waals surface area (Å²) in [5.41, 5.74) is 7.09. The van der Waals surface area contributed by atoms with Crippen LogP contribution in [0.3, 0.4) is 0 Å². The van der Waals surface area contributed by atoms with E-state index >= 15 is 0 Å². The number of hydrogen-bond donors (Lipinski definition) is 2. The summed E-state index contributed by atoms with van der Waals surface area (Å²) < 4.78 is 10.8. The van der Waals surface area contributed by atoms with Crippen LogP contribution in [0.1, 0.15) is 41.6 Å². The summed E-state index contributed by atoms with van der Waals surface area (Å²) in [5.74, 6) is 0.842. The van der Waals surface area contributed by atoms with E-state index in [-0.39, 0.29) is 11.7 Å². The number of nitrogens with zero attached hydrogens (tertiary/aromatic N) is 1. The van der Waals surface area contributed by atoms with Crippen LogP contribution in [0.4, 0.5) is 5.82 Å². The lowest BCUT2D eigenvalue weighted by Crippen LogP contribution is -2.24. The number of nitrogens with one attached hydrogen (secondary N) is 1. The molecule has 1 aromatic heterocycles. The third-order valence-corrected chi connectivity index (χ3v) is 3.97. The lowest BCUT2D eigenvalue weighted by Gasteiger charge is -2.09. The number of nitrogen functional groups attached to an aromatic ring is 1. The third-order valence-electron chi connectivity index (χ3n) is 3.97. The van der Waals surface area contributed by atoms with Crippen molar-refractivity contribution >= 4 is 11.7 Å². The molecule has 26 heavy (non-hydrogen) atoms. The van der Waals surface area contributed by atoms with Crippen LogP contribution >= 0.6 is 0 Å². The topological polar surface area (TPSA) is 86.5 Å². The Balaban J connectivity index is 1.69. The van der Waals surface area contributed by atoms with Crippen LogP contribution in [0.5, 0.6) is 5.75 Å². The lowest BCUT2D eigenvalue weighted by atomic mass is 10.2. The van der Waals surface area contributed by atoms with E-state index in [0.29, 0.717) is 18.7 Å². The van der Waals surface area contributed by atoms with Crippen molar-refractivity contribution < 1.29 is 14.3 Å². The summed E-state index contributed by atoms with van der Waals surface area (Å²) in [4.78, 5) is 16.0. The quantitative estimate of drug-likeness (QED) is 0.603. The molecule has 0 saturated carbocycles. The Kier molecular flexibility index (Phi) is 8.42. The molecule has 1 heterocycles. The van der Waals surface area contributed by atoms with Gasteiger partial charge in [0.2, 0.25) is 0 Å². The normalized spacial score (nSPS) is 10.5. The van der Waals surface area contributed by atoms with Gasteiger partial charge in [0, 0.05) is 26.5 Å². The van der Waals surface area contributed by atoms with Gasteiger partial charge >= 0.3 is 0 Å². The Morgan fingerprint density at radius 3 is 2.50 bits per heavy atom. The molecule has 2 aromatic rings. The molecule has 0 atom stereocenters. The van der Waals surface area contributed by atoms with Crippen LogP contribution in [-0.4, -0.2) is 31.2 Å². The second-order valence-corrected chi connectivity index (χ2v) is 6.02. The first kappa shape index (κ1) is 19.7. The average Bonchev–Trinajstić information content (AvgIpc) is 2.66. The average molecular weight is 357 g/mol. The van der Waals surface area contributed by atoms with Gasteiger partial charge in [0.25, 0.3) is 5.91 Å². The Bertz CT molecular complexity index is 674. The molecule has 1 aromatic carbocycles. The van der Waals surface area contributed by atoms with E-state index in [9.17, 15) is 4.79 Å². The van der Waals surface area contributed by atoms with Crippen LogP contribution in [0.15, 0.2) is 42.6 Å². The highest BCUT2D eigenvalue weighted by atomic mass is 16.5. The monoisotopic (exact) mass is 357 g/mol. The van der Waals surface area contributed by atoms with Crippen molar-refractivity contribution in [1.29, 1.82) is 0 Å². The largest absolute Gasteiger partial charge is 0.494 e. The van der Waals surface area contributed by atoms with Gasteiger partial charge in [-0.05, 0) is 49.1 Å². The first-order valence-electron chi connectivity index (χ1n) is 8.90. The number of unbranched alkanes of at least 4 members (excludes halogenated alkanes) is 3. The Hall–Kier alpha value is -2.60. The summed E-state index contributed by atoms with van der Waals surface area (Å²) >= 11 is 0. The maximum atomic E-state index is 12.1. The molecule has 6 heteroatoms. The summed E-state index contributed by atoms with van der Waals surface area (Å²) in [6.45, 7) is 1.96. The number of carbonyl (C=O) groups is 1. The Morgan fingerprint density at radius 2 is 1.81 bits per heavy atom. The molecule has 0 radical (unpaired) electrons. The van der Waals surface area contributed by atoms with Gasteiger partial charge in [-0.3, -0.25) is 4.79 Å². The highest BCUT2D eigenvalue weighted by molar-refractivity contribution is 5.98. The third kappa shape index (κ3) is 6.72. The van der Waals surface area contributed by atoms with E-state index in [4.69, 9.17) is 15.2 Å². The van der Waals surface area contributed by atoms with Gasteiger partial charge in [-0.15, -0.1) is 0 Å². The minimum atomic E-state index is -0.232. The molecule has 0 fully saturated rings. The number of benzene rings is 1. The molecule has 140 valence electrons. The predicted molar refractivity (Wildman–Crippen MR) is 102 cm³/mol. The van der Waals surface area contributed by atoms with E-state index in [1.807, 2.05) is 24.3 Å². The van der Waals surface area contributed by atoms with Gasteiger partial charge in [-0.2, -0.15) is 0 Å². The van der Waals surface area contributed by atoms with Crippen molar-refractivity contribution in [2.45, 2.75) is 32.2 Å². The number of ether oxygens (including phenoxy) is 2. The molecule has 1 amide bonds. The molecular weight excluding hydrogens is 330 g/mol. The molecule has 0 bridgehead atoms. The van der Waals surface area contributed by atoms with E-state index in [0.717, 1.165) is 43.6 Å². The minimum absolute atomic E-state index is 0.232. The number of carbonyl (C=O) groups excluding carboxylic acids is 1. The Labute approximate surface area is 154 Å². The number of amides is 1. The summed E-state index contributed by atoms with van der Waals surface area (Å²) in [5, 5.41) is 2.84. The molecule has 6 nitrogen and oxygen atoms in total. The zero-order valence-corrected chi connectivity index (χ0v) is 15.2. The van der Waals surface area contributed by atoms with Crippen LogP contribution in [0.2, 0.25) is 0 Å². The fraction of sp³-hybridized carbons (Fsp3) is 0.400. The standard InChI is InChI=1S/C20H27N3O3/c1-25-13-4-2-3-5-14-26-17-10-8-16(9-11-17)15-23-20(24)18-7-6-12-22-19(18)21/h6-12H,2-5,13-15H2,1H3,(H2,21,22)(H,23,24). The molecule has 0 aliphatic heterocycles. The van der Waals surface area contributed by atoms with E-state index < -0.39 is 0 Å². The summed E-state index contributed by atoms with van der Waals surface area (Å²) in [6.07, 6.45) is 6.00.